The van der Waals surface area contributed by atoms with Gasteiger partial charge in [-0.25, -0.2) is 4.99 Å². The van der Waals surface area contributed by atoms with Gasteiger partial charge in [-0.05, 0) is 56.9 Å². The monoisotopic (exact) mass is 445 g/mol. The van der Waals surface area contributed by atoms with E-state index in [1.807, 2.05) is 43.3 Å². The van der Waals surface area contributed by atoms with Crippen LogP contribution in [0.4, 0.5) is 5.69 Å². The Kier molecular flexibility index (Phi) is 6.00. The van der Waals surface area contributed by atoms with Gasteiger partial charge in [0.25, 0.3) is 0 Å². The van der Waals surface area contributed by atoms with Gasteiger partial charge in [-0.15, -0.1) is 0 Å². The molecule has 0 radical (unpaired) electrons. The lowest BCUT2D eigenvalue weighted by atomic mass is 10.1. The van der Waals surface area contributed by atoms with Crippen molar-refractivity contribution in [2.45, 2.75) is 38.3 Å². The van der Waals surface area contributed by atoms with Crippen LogP contribution in [0, 0.1) is 6.92 Å². The molecule has 1 amide bonds. The van der Waals surface area contributed by atoms with Gasteiger partial charge in [0.1, 0.15) is 5.04 Å². The molecule has 29 heavy (non-hydrogen) atoms. The number of aryl methyl sites for hydroxylation is 1. The van der Waals surface area contributed by atoms with Gasteiger partial charge in [-0.2, -0.15) is 0 Å². The van der Waals surface area contributed by atoms with E-state index in [4.69, 9.17) is 33.2 Å². The Morgan fingerprint density at radius 1 is 1.07 bits per heavy atom. The van der Waals surface area contributed by atoms with Crippen LogP contribution >= 0.6 is 35.0 Å². The minimum absolute atomic E-state index is 0.0672. The quantitative estimate of drug-likeness (QED) is 0.613. The lowest BCUT2D eigenvalue weighted by Crippen LogP contribution is -2.17. The van der Waals surface area contributed by atoms with Gasteiger partial charge in [0, 0.05) is 11.3 Å². The number of rotatable bonds is 4. The average molecular weight is 446 g/mol. The summed E-state index contributed by atoms with van der Waals surface area (Å²) in [5.74, 6) is 0.200. The van der Waals surface area contributed by atoms with E-state index in [0.717, 1.165) is 53.3 Å². The summed E-state index contributed by atoms with van der Waals surface area (Å²) in [6.07, 6.45) is 4.12. The van der Waals surface area contributed by atoms with Gasteiger partial charge in [-0.3, -0.25) is 9.79 Å². The highest BCUT2D eigenvalue weighted by Crippen LogP contribution is 2.40. The van der Waals surface area contributed by atoms with E-state index in [-0.39, 0.29) is 17.3 Å². The van der Waals surface area contributed by atoms with Crippen molar-refractivity contribution in [1.29, 1.82) is 0 Å². The fourth-order valence-electron chi connectivity index (χ4n) is 3.59. The molecule has 1 aliphatic carbocycles. The van der Waals surface area contributed by atoms with E-state index in [1.165, 1.54) is 11.8 Å². The molecule has 0 aromatic heterocycles. The van der Waals surface area contributed by atoms with E-state index >= 15 is 0 Å². The molecule has 7 heteroatoms. The average Bonchev–Trinajstić information content (AvgIpc) is 3.31. The summed E-state index contributed by atoms with van der Waals surface area (Å²) < 4.78 is 0. The molecule has 1 spiro atoms. The molecular weight excluding hydrogens is 425 g/mol. The van der Waals surface area contributed by atoms with E-state index in [1.54, 1.807) is 6.07 Å². The van der Waals surface area contributed by atoms with Gasteiger partial charge >= 0.3 is 0 Å². The number of benzene rings is 2. The third kappa shape index (κ3) is 4.68. The van der Waals surface area contributed by atoms with Crippen molar-refractivity contribution >= 4 is 57.3 Å². The van der Waals surface area contributed by atoms with Crippen molar-refractivity contribution in [3.8, 4) is 0 Å². The number of hydrogen-bond acceptors (Lipinski definition) is 4. The number of halogens is 2. The summed E-state index contributed by atoms with van der Waals surface area (Å²) in [4.78, 5) is 22.4. The van der Waals surface area contributed by atoms with Crippen LogP contribution in [0.15, 0.2) is 52.4 Å². The molecular formula is C22H21Cl2N3OS. The molecule has 1 fully saturated rings. The summed E-state index contributed by atoms with van der Waals surface area (Å²) in [7, 11) is 0. The molecule has 2 aromatic rings. The number of anilines is 1. The van der Waals surface area contributed by atoms with E-state index in [9.17, 15) is 4.79 Å². The number of amides is 1. The lowest BCUT2D eigenvalue weighted by molar-refractivity contribution is -0.113. The maximum Gasteiger partial charge on any atom is 0.234 e. The number of thioether (sulfide) groups is 1. The minimum Gasteiger partial charge on any atom is -0.325 e. The maximum atomic E-state index is 12.4. The van der Waals surface area contributed by atoms with Crippen molar-refractivity contribution in [3.05, 3.63) is 63.6 Å². The highest BCUT2D eigenvalue weighted by atomic mass is 35.5. The molecule has 1 aliphatic heterocycles. The Labute approximate surface area is 184 Å². The number of nitrogens with zero attached hydrogens (tertiary/aromatic N) is 2. The van der Waals surface area contributed by atoms with Crippen molar-refractivity contribution in [3.63, 3.8) is 0 Å². The highest BCUT2D eigenvalue weighted by Gasteiger charge is 2.39. The maximum absolute atomic E-state index is 12.4. The SMILES string of the molecule is Cc1ccc(NC(=O)CSC2=NC3(CCCC3)N=C2c2ccc(Cl)c(Cl)c2)cc1. The van der Waals surface area contributed by atoms with Gasteiger partial charge < -0.3 is 5.32 Å². The Hall–Kier alpha value is -1.82. The smallest absolute Gasteiger partial charge is 0.234 e. The third-order valence-electron chi connectivity index (χ3n) is 5.10. The first-order valence-electron chi connectivity index (χ1n) is 9.59. The fraction of sp³-hybridized carbons (Fsp3) is 0.318. The predicted molar refractivity (Wildman–Crippen MR) is 124 cm³/mol. The van der Waals surface area contributed by atoms with Crippen LogP contribution in [0.1, 0.15) is 36.8 Å². The molecule has 4 rings (SSSR count). The van der Waals surface area contributed by atoms with Crippen LogP contribution in [-0.4, -0.2) is 28.1 Å². The van der Waals surface area contributed by atoms with Crippen molar-refractivity contribution in [1.82, 2.24) is 0 Å². The third-order valence-corrected chi connectivity index (χ3v) is 6.81. The zero-order valence-electron chi connectivity index (χ0n) is 16.0. The number of hydrogen-bond donors (Lipinski definition) is 1. The lowest BCUT2D eigenvalue weighted by Gasteiger charge is -2.14. The molecule has 1 heterocycles. The first kappa shape index (κ1) is 20.5. The van der Waals surface area contributed by atoms with E-state index in [2.05, 4.69) is 5.32 Å². The van der Waals surface area contributed by atoms with Gasteiger partial charge in [0.05, 0.1) is 21.5 Å². The van der Waals surface area contributed by atoms with Crippen LogP contribution in [0.5, 0.6) is 0 Å². The zero-order valence-corrected chi connectivity index (χ0v) is 18.4. The first-order valence-corrected chi connectivity index (χ1v) is 11.3. The summed E-state index contributed by atoms with van der Waals surface area (Å²) >= 11 is 13.7. The Balaban J connectivity index is 1.50. The predicted octanol–water partition coefficient (Wildman–Crippen LogP) is 6.15. The number of aliphatic imine (C=N–C) groups is 2. The second-order valence-corrected chi connectivity index (χ2v) is 9.18. The number of carbonyl (C=O) groups is 1. The number of carbonyl (C=O) groups excluding carboxylic acids is 1. The molecule has 4 nitrogen and oxygen atoms in total. The minimum atomic E-state index is -0.378. The Morgan fingerprint density at radius 2 is 1.79 bits per heavy atom. The zero-order chi connectivity index (χ0) is 20.4. The highest BCUT2D eigenvalue weighted by molar-refractivity contribution is 8.16. The molecule has 2 aliphatic rings. The molecule has 1 N–H and O–H groups in total. The summed E-state index contributed by atoms with van der Waals surface area (Å²) in [6.45, 7) is 2.02. The van der Waals surface area contributed by atoms with Crippen LogP contribution < -0.4 is 5.32 Å². The van der Waals surface area contributed by atoms with Crippen molar-refractivity contribution in [2.24, 2.45) is 9.98 Å². The molecule has 0 atom stereocenters. The van der Waals surface area contributed by atoms with E-state index < -0.39 is 0 Å². The molecule has 2 aromatic carbocycles. The topological polar surface area (TPSA) is 53.8 Å². The van der Waals surface area contributed by atoms with Crippen LogP contribution in [-0.2, 0) is 4.79 Å². The fourth-order valence-corrected chi connectivity index (χ4v) is 4.76. The molecule has 0 saturated heterocycles. The van der Waals surface area contributed by atoms with Crippen LogP contribution in [0.3, 0.4) is 0 Å². The van der Waals surface area contributed by atoms with Crippen molar-refractivity contribution in [2.75, 3.05) is 11.1 Å². The molecule has 0 unspecified atom stereocenters. The molecule has 150 valence electrons. The van der Waals surface area contributed by atoms with Crippen LogP contribution in [0.2, 0.25) is 10.0 Å². The molecule has 1 saturated carbocycles. The van der Waals surface area contributed by atoms with Crippen LogP contribution in [0.25, 0.3) is 0 Å². The largest absolute Gasteiger partial charge is 0.325 e. The molecule has 0 bridgehead atoms. The Morgan fingerprint density at radius 3 is 2.48 bits per heavy atom. The first-order chi connectivity index (χ1) is 13.9. The van der Waals surface area contributed by atoms with Gasteiger partial charge in [-0.1, -0.05) is 58.7 Å². The summed E-state index contributed by atoms with van der Waals surface area (Å²) in [6, 6.07) is 13.3. The second-order valence-electron chi connectivity index (χ2n) is 7.40. The second kappa shape index (κ2) is 8.50. The number of nitrogens with one attached hydrogen (secondary N) is 1. The standard InChI is InChI=1S/C22H21Cl2N3OS/c1-14-4-7-16(8-5-14)25-19(28)13-29-21-20(15-6-9-17(23)18(24)12-15)26-22(27-21)10-2-3-11-22/h4-9,12H,2-3,10-11,13H2,1H3,(H,25,28). The summed E-state index contributed by atoms with van der Waals surface area (Å²) in [5.41, 5.74) is 3.26. The van der Waals surface area contributed by atoms with Crippen molar-refractivity contribution < 1.29 is 4.79 Å². The normalized spacial score (nSPS) is 17.3. The summed E-state index contributed by atoms with van der Waals surface area (Å²) in [5, 5.41) is 4.72. The Bertz CT molecular complexity index is 996. The van der Waals surface area contributed by atoms with Gasteiger partial charge in [0.2, 0.25) is 5.91 Å². The van der Waals surface area contributed by atoms with E-state index in [0.29, 0.717) is 10.0 Å². The van der Waals surface area contributed by atoms with Gasteiger partial charge in [0.15, 0.2) is 5.66 Å².